The Labute approximate surface area is 163 Å². The number of nitrogens with one attached hydrogen (secondary N) is 2. The monoisotopic (exact) mass is 387 g/mol. The van der Waals surface area contributed by atoms with Crippen molar-refractivity contribution in [2.75, 3.05) is 18.4 Å². The van der Waals surface area contributed by atoms with E-state index in [1.807, 2.05) is 20.8 Å². The van der Waals surface area contributed by atoms with Gasteiger partial charge in [-0.25, -0.2) is 9.37 Å². The first-order valence-electron chi connectivity index (χ1n) is 9.61. The number of aromatic nitrogens is 3. The topological polar surface area (TPSA) is 91.0 Å². The minimum atomic E-state index is -0.610. The highest BCUT2D eigenvalue weighted by molar-refractivity contribution is 5.96. The van der Waals surface area contributed by atoms with Crippen LogP contribution < -0.4 is 5.32 Å². The SMILES string of the molecule is Cc1nc(C2CCCN(C(=O)c3ccc(NC(=O)CC(C)C)c(F)c3)C2)n[nH]1. The van der Waals surface area contributed by atoms with E-state index >= 15 is 0 Å². The van der Waals surface area contributed by atoms with Crippen molar-refractivity contribution in [1.29, 1.82) is 0 Å². The van der Waals surface area contributed by atoms with Gasteiger partial charge in [-0.05, 0) is 43.9 Å². The van der Waals surface area contributed by atoms with Crippen molar-refractivity contribution in [3.8, 4) is 0 Å². The lowest BCUT2D eigenvalue weighted by Gasteiger charge is -2.31. The Morgan fingerprint density at radius 3 is 2.82 bits per heavy atom. The molecule has 1 aromatic carbocycles. The average molecular weight is 387 g/mol. The Balaban J connectivity index is 1.68. The fourth-order valence-corrected chi connectivity index (χ4v) is 3.42. The molecule has 8 heteroatoms. The summed E-state index contributed by atoms with van der Waals surface area (Å²) in [7, 11) is 0. The quantitative estimate of drug-likeness (QED) is 0.824. The van der Waals surface area contributed by atoms with Crippen molar-refractivity contribution in [1.82, 2.24) is 20.1 Å². The van der Waals surface area contributed by atoms with Crippen molar-refractivity contribution in [3.05, 3.63) is 41.2 Å². The van der Waals surface area contributed by atoms with Gasteiger partial charge in [0.25, 0.3) is 5.91 Å². The lowest BCUT2D eigenvalue weighted by Crippen LogP contribution is -2.39. The molecule has 7 nitrogen and oxygen atoms in total. The highest BCUT2D eigenvalue weighted by Crippen LogP contribution is 2.26. The van der Waals surface area contributed by atoms with E-state index < -0.39 is 5.82 Å². The van der Waals surface area contributed by atoms with Gasteiger partial charge >= 0.3 is 0 Å². The molecule has 0 spiro atoms. The summed E-state index contributed by atoms with van der Waals surface area (Å²) < 4.78 is 14.4. The first-order chi connectivity index (χ1) is 13.3. The molecule has 2 heterocycles. The molecule has 1 fully saturated rings. The van der Waals surface area contributed by atoms with E-state index in [9.17, 15) is 14.0 Å². The van der Waals surface area contributed by atoms with Crippen molar-refractivity contribution < 1.29 is 14.0 Å². The molecule has 1 aliphatic rings. The maximum absolute atomic E-state index is 14.4. The van der Waals surface area contributed by atoms with Gasteiger partial charge < -0.3 is 10.2 Å². The molecule has 1 unspecified atom stereocenters. The Morgan fingerprint density at radius 1 is 1.39 bits per heavy atom. The number of hydrogen-bond donors (Lipinski definition) is 2. The molecule has 2 N–H and O–H groups in total. The molecule has 2 amide bonds. The van der Waals surface area contributed by atoms with Gasteiger partial charge in [-0.3, -0.25) is 14.7 Å². The summed E-state index contributed by atoms with van der Waals surface area (Å²) in [6.07, 6.45) is 2.07. The molecule has 0 bridgehead atoms. The number of aromatic amines is 1. The Hall–Kier alpha value is -2.77. The lowest BCUT2D eigenvalue weighted by atomic mass is 9.96. The number of rotatable bonds is 5. The van der Waals surface area contributed by atoms with Crippen molar-refractivity contribution in [2.24, 2.45) is 5.92 Å². The highest BCUT2D eigenvalue weighted by Gasteiger charge is 2.28. The van der Waals surface area contributed by atoms with E-state index in [-0.39, 0.29) is 34.9 Å². The smallest absolute Gasteiger partial charge is 0.253 e. The maximum atomic E-state index is 14.4. The number of aryl methyl sites for hydroxylation is 1. The molecular formula is C20H26FN5O2. The van der Waals surface area contributed by atoms with Crippen LogP contribution in [0.2, 0.25) is 0 Å². The minimum absolute atomic E-state index is 0.0714. The van der Waals surface area contributed by atoms with Gasteiger partial charge in [0.1, 0.15) is 11.6 Å². The number of carbonyl (C=O) groups is 2. The minimum Gasteiger partial charge on any atom is -0.338 e. The predicted molar refractivity (Wildman–Crippen MR) is 103 cm³/mol. The summed E-state index contributed by atoms with van der Waals surface area (Å²) in [5.41, 5.74) is 0.362. The van der Waals surface area contributed by atoms with Crippen LogP contribution in [0.25, 0.3) is 0 Å². The largest absolute Gasteiger partial charge is 0.338 e. The summed E-state index contributed by atoms with van der Waals surface area (Å²) >= 11 is 0. The normalized spacial score (nSPS) is 17.0. The number of likely N-dealkylation sites (tertiary alicyclic amines) is 1. The molecule has 3 rings (SSSR count). The zero-order valence-electron chi connectivity index (χ0n) is 16.5. The fourth-order valence-electron chi connectivity index (χ4n) is 3.42. The highest BCUT2D eigenvalue weighted by atomic mass is 19.1. The third kappa shape index (κ3) is 4.74. The second kappa shape index (κ2) is 8.50. The second-order valence-corrected chi connectivity index (χ2v) is 7.71. The fraction of sp³-hybridized carbons (Fsp3) is 0.500. The standard InChI is InChI=1S/C20H26FN5O2/c1-12(2)9-18(27)23-17-7-6-14(10-16(17)21)20(28)26-8-4-5-15(11-26)19-22-13(3)24-25-19/h6-7,10,12,15H,4-5,8-9,11H2,1-3H3,(H,23,27)(H,22,24,25). The molecule has 1 aromatic heterocycles. The summed E-state index contributed by atoms with van der Waals surface area (Å²) in [5.74, 6) is 0.636. The zero-order chi connectivity index (χ0) is 20.3. The Bertz CT molecular complexity index is 864. The maximum Gasteiger partial charge on any atom is 0.253 e. The van der Waals surface area contributed by atoms with Gasteiger partial charge in [0, 0.05) is 31.0 Å². The van der Waals surface area contributed by atoms with Crippen LogP contribution in [0.1, 0.15) is 61.0 Å². The van der Waals surface area contributed by atoms with Gasteiger partial charge in [0.15, 0.2) is 5.82 Å². The van der Waals surface area contributed by atoms with Crippen LogP contribution >= 0.6 is 0 Å². The molecule has 0 saturated carbocycles. The van der Waals surface area contributed by atoms with Crippen LogP contribution in [0.4, 0.5) is 10.1 Å². The number of piperidine rings is 1. The van der Waals surface area contributed by atoms with Crippen LogP contribution in [0.15, 0.2) is 18.2 Å². The van der Waals surface area contributed by atoms with Crippen LogP contribution in [0.3, 0.4) is 0 Å². The van der Waals surface area contributed by atoms with E-state index in [1.165, 1.54) is 12.1 Å². The molecule has 1 saturated heterocycles. The lowest BCUT2D eigenvalue weighted by molar-refractivity contribution is -0.116. The summed E-state index contributed by atoms with van der Waals surface area (Å²) in [6.45, 7) is 6.80. The number of benzene rings is 1. The zero-order valence-corrected chi connectivity index (χ0v) is 16.5. The first-order valence-corrected chi connectivity index (χ1v) is 9.61. The van der Waals surface area contributed by atoms with Gasteiger partial charge in [-0.1, -0.05) is 13.8 Å². The number of anilines is 1. The van der Waals surface area contributed by atoms with E-state index in [0.29, 0.717) is 25.3 Å². The van der Waals surface area contributed by atoms with Crippen molar-refractivity contribution in [3.63, 3.8) is 0 Å². The van der Waals surface area contributed by atoms with Gasteiger partial charge in [0.05, 0.1) is 5.69 Å². The molecular weight excluding hydrogens is 361 g/mol. The van der Waals surface area contributed by atoms with Crippen molar-refractivity contribution >= 4 is 17.5 Å². The molecule has 150 valence electrons. The van der Waals surface area contributed by atoms with Crippen molar-refractivity contribution in [2.45, 2.75) is 46.0 Å². The first kappa shape index (κ1) is 20.0. The molecule has 0 radical (unpaired) electrons. The number of nitrogens with zero attached hydrogens (tertiary/aromatic N) is 3. The number of H-pyrrole nitrogens is 1. The summed E-state index contributed by atoms with van der Waals surface area (Å²) in [6, 6.07) is 4.19. The molecule has 1 atom stereocenters. The number of carbonyl (C=O) groups excluding carboxylic acids is 2. The third-order valence-electron chi connectivity index (χ3n) is 4.77. The number of hydrogen-bond acceptors (Lipinski definition) is 4. The molecule has 2 aromatic rings. The number of amides is 2. The van der Waals surface area contributed by atoms with E-state index in [2.05, 4.69) is 20.5 Å². The van der Waals surface area contributed by atoms with E-state index in [4.69, 9.17) is 0 Å². The van der Waals surface area contributed by atoms with Crippen LogP contribution in [0, 0.1) is 18.7 Å². The summed E-state index contributed by atoms with van der Waals surface area (Å²) in [5, 5.41) is 9.60. The van der Waals surface area contributed by atoms with E-state index in [1.54, 1.807) is 11.0 Å². The molecule has 0 aliphatic carbocycles. The van der Waals surface area contributed by atoms with Crippen LogP contribution in [0.5, 0.6) is 0 Å². The predicted octanol–water partition coefficient (Wildman–Crippen LogP) is 3.26. The third-order valence-corrected chi connectivity index (χ3v) is 4.77. The Morgan fingerprint density at radius 2 is 2.18 bits per heavy atom. The summed E-state index contributed by atoms with van der Waals surface area (Å²) in [4.78, 5) is 30.8. The van der Waals surface area contributed by atoms with Gasteiger partial charge in [-0.2, -0.15) is 5.10 Å². The Kier molecular flexibility index (Phi) is 6.06. The van der Waals surface area contributed by atoms with Gasteiger partial charge in [-0.15, -0.1) is 0 Å². The average Bonchev–Trinajstić information content (AvgIpc) is 3.09. The molecule has 1 aliphatic heterocycles. The van der Waals surface area contributed by atoms with Crippen LogP contribution in [-0.4, -0.2) is 45.0 Å². The number of halogens is 1. The van der Waals surface area contributed by atoms with Gasteiger partial charge in [0.2, 0.25) is 5.91 Å². The second-order valence-electron chi connectivity index (χ2n) is 7.71. The molecule has 28 heavy (non-hydrogen) atoms. The van der Waals surface area contributed by atoms with Crippen LogP contribution in [-0.2, 0) is 4.79 Å². The van der Waals surface area contributed by atoms with E-state index in [0.717, 1.165) is 18.7 Å².